The third-order valence-electron chi connectivity index (χ3n) is 12.2. The van der Waals surface area contributed by atoms with E-state index >= 15 is 0 Å². The topological polar surface area (TPSA) is 101 Å². The monoisotopic (exact) mass is 522 g/mol. The Balaban J connectivity index is 1.19. The van der Waals surface area contributed by atoms with Crippen LogP contribution in [0.3, 0.4) is 0 Å². The van der Waals surface area contributed by atoms with Gasteiger partial charge in [-0.15, -0.1) is 0 Å². The van der Waals surface area contributed by atoms with Gasteiger partial charge in [0, 0.05) is 6.42 Å². The van der Waals surface area contributed by atoms with E-state index in [0.717, 1.165) is 84.2 Å². The number of morpholine rings is 1. The summed E-state index contributed by atoms with van der Waals surface area (Å²) < 4.78 is 11.0. The van der Waals surface area contributed by atoms with Gasteiger partial charge in [0.25, 0.3) is 0 Å². The quantitative estimate of drug-likeness (QED) is 0.381. The summed E-state index contributed by atoms with van der Waals surface area (Å²) in [5.41, 5.74) is -0.121. The summed E-state index contributed by atoms with van der Waals surface area (Å²) >= 11 is 0. The Kier molecular flexibility index (Phi) is 8.30. The highest BCUT2D eigenvalue weighted by molar-refractivity contribution is 5.69. The molecule has 4 unspecified atom stereocenters. The molecule has 212 valence electrons. The lowest BCUT2D eigenvalue weighted by Crippen LogP contribution is -3.14. The van der Waals surface area contributed by atoms with Crippen molar-refractivity contribution in [2.24, 2.45) is 46.3 Å². The van der Waals surface area contributed by atoms with Gasteiger partial charge < -0.3 is 29.7 Å². The molecule has 4 N–H and O–H groups in total. The number of fused-ring (bicyclic) bond motifs is 5. The molecule has 1 saturated heterocycles. The predicted molar refractivity (Wildman–Crippen MR) is 140 cm³/mol. The number of ether oxygens (including phenoxy) is 2. The van der Waals surface area contributed by atoms with E-state index in [1.54, 1.807) is 0 Å². The first-order valence-electron chi connectivity index (χ1n) is 15.3. The Bertz CT molecular complexity index is 803. The smallest absolute Gasteiger partial charge is 0.306 e. The number of aliphatic hydroxyl groups is 3. The molecule has 7 nitrogen and oxygen atoms in total. The molecular formula is C30H52NO6+. The molecule has 0 radical (unpaired) electrons. The predicted octanol–water partition coefficient (Wildman–Crippen LogP) is 1.82. The molecule has 0 spiro atoms. The molecule has 4 aliphatic carbocycles. The largest absolute Gasteiger partial charge is 0.460 e. The molecule has 0 aromatic rings. The van der Waals surface area contributed by atoms with Crippen LogP contribution < -0.4 is 4.90 Å². The van der Waals surface area contributed by atoms with E-state index in [0.29, 0.717) is 42.6 Å². The van der Waals surface area contributed by atoms with Crippen LogP contribution in [0.5, 0.6) is 0 Å². The summed E-state index contributed by atoms with van der Waals surface area (Å²) in [6.45, 7) is 11.8. The second-order valence-corrected chi connectivity index (χ2v) is 13.9. The molecule has 7 heteroatoms. The number of hydrogen-bond donors (Lipinski definition) is 4. The van der Waals surface area contributed by atoms with Crippen molar-refractivity contribution in [3.05, 3.63) is 0 Å². The fourth-order valence-corrected chi connectivity index (χ4v) is 9.97. The second-order valence-electron chi connectivity index (χ2n) is 13.9. The van der Waals surface area contributed by atoms with Crippen molar-refractivity contribution in [2.75, 3.05) is 39.5 Å². The van der Waals surface area contributed by atoms with Gasteiger partial charge in [-0.2, -0.15) is 0 Å². The minimum absolute atomic E-state index is 0.0990. The van der Waals surface area contributed by atoms with Crippen LogP contribution in [0.4, 0.5) is 0 Å². The molecule has 11 atom stereocenters. The highest BCUT2D eigenvalue weighted by Crippen LogP contribution is 2.68. The number of nitrogens with one attached hydrogen (secondary N) is 1. The molecule has 5 aliphatic rings. The van der Waals surface area contributed by atoms with E-state index in [2.05, 4.69) is 20.8 Å². The lowest BCUT2D eigenvalue weighted by Gasteiger charge is -2.63. The van der Waals surface area contributed by atoms with Crippen LogP contribution in [-0.2, 0) is 14.3 Å². The Morgan fingerprint density at radius 2 is 1.81 bits per heavy atom. The molecule has 0 bridgehead atoms. The standard InChI is InChI=1S/C30H51NO6/c1-19(4-7-27(35)37-15-12-31-10-13-36-14-11-31)22-5-6-23-28-24(18-26(34)30(22,23)3)29(2)9-8-21(32)16-20(29)17-25(28)33/h19-26,28,32-34H,4-18H2,1-3H3/p+1/t19?,20-,21?,22+,23-,24-,25?,26?,28-,29-,30+/m0/s1. The maximum atomic E-state index is 12.5. The highest BCUT2D eigenvalue weighted by atomic mass is 16.5. The van der Waals surface area contributed by atoms with Crippen LogP contribution in [-0.4, -0.2) is 79.1 Å². The number of rotatable bonds is 7. The van der Waals surface area contributed by atoms with Crippen molar-refractivity contribution in [2.45, 2.75) is 96.9 Å². The molecule has 0 aromatic heterocycles. The van der Waals surface area contributed by atoms with Crippen LogP contribution in [0.25, 0.3) is 0 Å². The molecular weight excluding hydrogens is 470 g/mol. The molecule has 4 saturated carbocycles. The van der Waals surface area contributed by atoms with Gasteiger partial charge in [-0.1, -0.05) is 20.8 Å². The summed E-state index contributed by atoms with van der Waals surface area (Å²) in [6, 6.07) is 0. The summed E-state index contributed by atoms with van der Waals surface area (Å²) in [7, 11) is 0. The number of carbonyl (C=O) groups is 1. The second kappa shape index (κ2) is 11.0. The van der Waals surface area contributed by atoms with Gasteiger partial charge in [-0.25, -0.2) is 0 Å². The third-order valence-corrected chi connectivity index (χ3v) is 12.2. The van der Waals surface area contributed by atoms with Crippen LogP contribution in [0.1, 0.15) is 78.6 Å². The normalized spacial score (nSPS) is 47.0. The Morgan fingerprint density at radius 1 is 1.05 bits per heavy atom. The lowest BCUT2D eigenvalue weighted by molar-refractivity contribution is -0.908. The fraction of sp³-hybridized carbons (Fsp3) is 0.967. The van der Waals surface area contributed by atoms with Gasteiger partial charge in [-0.3, -0.25) is 4.79 Å². The van der Waals surface area contributed by atoms with E-state index in [-0.39, 0.29) is 41.0 Å². The molecule has 5 fully saturated rings. The fourth-order valence-electron chi connectivity index (χ4n) is 9.97. The first-order chi connectivity index (χ1) is 17.6. The van der Waals surface area contributed by atoms with Gasteiger partial charge >= 0.3 is 5.97 Å². The van der Waals surface area contributed by atoms with Crippen molar-refractivity contribution in [1.29, 1.82) is 0 Å². The number of esters is 1. The Morgan fingerprint density at radius 3 is 2.57 bits per heavy atom. The third kappa shape index (κ3) is 5.13. The Labute approximate surface area is 223 Å². The maximum Gasteiger partial charge on any atom is 0.306 e. The van der Waals surface area contributed by atoms with E-state index in [1.165, 1.54) is 4.90 Å². The first kappa shape index (κ1) is 27.8. The SMILES string of the molecule is CC(CCC(=O)OCC[NH+]1CCOCC1)[C@H]1CC[C@H]2[C@@H]3C(O)C[C@@H]4CC(O)CC[C@]4(C)[C@H]3CC(O)[C@]12C. The number of hydrogen-bond acceptors (Lipinski definition) is 6. The molecule has 1 aliphatic heterocycles. The lowest BCUT2D eigenvalue weighted by atomic mass is 9.43. The van der Waals surface area contributed by atoms with Gasteiger partial charge in [0.15, 0.2) is 0 Å². The molecule has 5 rings (SSSR count). The summed E-state index contributed by atoms with van der Waals surface area (Å²) in [6.07, 6.45) is 6.54. The minimum atomic E-state index is -0.383. The first-order valence-corrected chi connectivity index (χ1v) is 15.3. The average Bonchev–Trinajstić information content (AvgIpc) is 3.23. The van der Waals surface area contributed by atoms with Gasteiger partial charge in [-0.05, 0) is 97.7 Å². The zero-order valence-corrected chi connectivity index (χ0v) is 23.4. The van der Waals surface area contributed by atoms with Gasteiger partial charge in [0.1, 0.15) is 26.2 Å². The van der Waals surface area contributed by atoms with E-state index in [1.807, 2.05) is 0 Å². The minimum Gasteiger partial charge on any atom is -0.460 e. The van der Waals surface area contributed by atoms with Crippen molar-refractivity contribution in [3.8, 4) is 0 Å². The van der Waals surface area contributed by atoms with Crippen LogP contribution in [0.2, 0.25) is 0 Å². The zero-order valence-electron chi connectivity index (χ0n) is 23.4. The van der Waals surface area contributed by atoms with Crippen molar-refractivity contribution < 1.29 is 34.5 Å². The van der Waals surface area contributed by atoms with Crippen molar-refractivity contribution in [3.63, 3.8) is 0 Å². The Hall–Kier alpha value is -0.730. The highest BCUT2D eigenvalue weighted by Gasteiger charge is 2.65. The summed E-state index contributed by atoms with van der Waals surface area (Å²) in [5.74, 6) is 1.78. The van der Waals surface area contributed by atoms with E-state index in [9.17, 15) is 20.1 Å². The van der Waals surface area contributed by atoms with Crippen molar-refractivity contribution in [1.82, 2.24) is 0 Å². The van der Waals surface area contributed by atoms with Crippen LogP contribution in [0, 0.1) is 46.3 Å². The average molecular weight is 523 g/mol. The molecule has 0 aromatic carbocycles. The van der Waals surface area contributed by atoms with E-state index in [4.69, 9.17) is 9.47 Å². The summed E-state index contributed by atoms with van der Waals surface area (Å²) in [5, 5.41) is 33.5. The number of carbonyl (C=O) groups excluding carboxylic acids is 1. The molecule has 1 heterocycles. The van der Waals surface area contributed by atoms with Gasteiger partial charge in [0.2, 0.25) is 0 Å². The van der Waals surface area contributed by atoms with Crippen LogP contribution in [0.15, 0.2) is 0 Å². The molecule has 0 amide bonds. The maximum absolute atomic E-state index is 12.5. The van der Waals surface area contributed by atoms with E-state index < -0.39 is 0 Å². The zero-order chi connectivity index (χ0) is 26.4. The van der Waals surface area contributed by atoms with Crippen LogP contribution >= 0.6 is 0 Å². The van der Waals surface area contributed by atoms with Gasteiger partial charge in [0.05, 0.1) is 31.5 Å². The number of quaternary nitrogens is 1. The summed E-state index contributed by atoms with van der Waals surface area (Å²) in [4.78, 5) is 13.9. The molecule has 37 heavy (non-hydrogen) atoms. The van der Waals surface area contributed by atoms with Crippen molar-refractivity contribution >= 4 is 5.97 Å². The number of aliphatic hydroxyl groups excluding tert-OH is 3.